The van der Waals surface area contributed by atoms with Gasteiger partial charge in [0.05, 0.1) is 12.3 Å². The summed E-state index contributed by atoms with van der Waals surface area (Å²) in [7, 11) is 1.79. The van der Waals surface area contributed by atoms with Crippen LogP contribution in [0.3, 0.4) is 0 Å². The zero-order valence-electron chi connectivity index (χ0n) is 15.1. The van der Waals surface area contributed by atoms with Gasteiger partial charge < -0.3 is 9.64 Å². The number of pyridine rings is 1. The van der Waals surface area contributed by atoms with Crippen LogP contribution in [0.25, 0.3) is 11.3 Å². The van der Waals surface area contributed by atoms with Crippen LogP contribution in [-0.2, 0) is 7.05 Å². The zero-order valence-corrected chi connectivity index (χ0v) is 15.1. The molecule has 0 amide bonds. The first-order valence-corrected chi connectivity index (χ1v) is 9.16. The van der Waals surface area contributed by atoms with Crippen LogP contribution in [0.5, 0.6) is 5.75 Å². The lowest BCUT2D eigenvalue weighted by Gasteiger charge is -2.27. The number of fused-ring (bicyclic) bond motifs is 3. The van der Waals surface area contributed by atoms with Crippen LogP contribution in [0.1, 0.15) is 11.5 Å². The van der Waals surface area contributed by atoms with Crippen molar-refractivity contribution in [3.05, 3.63) is 70.8 Å². The molecule has 0 spiro atoms. The third-order valence-corrected chi connectivity index (χ3v) is 5.58. The molecule has 6 nitrogen and oxygen atoms in total. The molecular formula is C21H20N4O2. The Morgan fingerprint density at radius 2 is 1.93 bits per heavy atom. The Labute approximate surface area is 157 Å². The van der Waals surface area contributed by atoms with Gasteiger partial charge in [0.15, 0.2) is 0 Å². The number of hydrogen-bond acceptors (Lipinski definition) is 5. The van der Waals surface area contributed by atoms with Crippen molar-refractivity contribution in [2.45, 2.75) is 5.92 Å². The number of hydrogen-bond donors (Lipinski definition) is 0. The van der Waals surface area contributed by atoms with Crippen molar-refractivity contribution in [3.63, 3.8) is 0 Å². The lowest BCUT2D eigenvalue weighted by Crippen LogP contribution is -2.30. The van der Waals surface area contributed by atoms with Gasteiger partial charge in [0.25, 0.3) is 5.56 Å². The smallest absolute Gasteiger partial charge is 0.255 e. The fraction of sp³-hybridized carbons (Fsp3) is 0.286. The highest BCUT2D eigenvalue weighted by Crippen LogP contribution is 2.42. The highest BCUT2D eigenvalue weighted by atomic mass is 16.5. The molecule has 2 aromatic heterocycles. The van der Waals surface area contributed by atoms with E-state index in [9.17, 15) is 4.79 Å². The summed E-state index contributed by atoms with van der Waals surface area (Å²) in [5.74, 6) is 2.49. The normalized spacial score (nSPS) is 20.7. The van der Waals surface area contributed by atoms with Crippen molar-refractivity contribution in [3.8, 4) is 17.0 Å². The van der Waals surface area contributed by atoms with Gasteiger partial charge in [-0.05, 0) is 23.8 Å². The van der Waals surface area contributed by atoms with Gasteiger partial charge in [-0.2, -0.15) is 0 Å². The van der Waals surface area contributed by atoms with Gasteiger partial charge in [0.1, 0.15) is 5.75 Å². The first kappa shape index (κ1) is 16.1. The number of ether oxygens (including phenoxy) is 1. The fourth-order valence-electron chi connectivity index (χ4n) is 4.15. The minimum absolute atomic E-state index is 0.0571. The second kappa shape index (κ2) is 6.23. The standard InChI is InChI=1S/C21H20N4O2/c1-24-20(26)10-18(14-6-8-22-9-7-14)23-21(24)25-11-15-13-27-19-5-3-2-4-16(19)17(15)12-25/h2-10,15,17H,11-13H2,1H3/t15-,17-/m0/s1. The SMILES string of the molecule is Cn1c(N2C[C@H]3COc4ccccc4[C@H]3C2)nc(-c2ccncc2)cc1=O. The number of benzene rings is 1. The Morgan fingerprint density at radius 1 is 1.11 bits per heavy atom. The Balaban J connectivity index is 1.53. The maximum atomic E-state index is 12.6. The highest BCUT2D eigenvalue weighted by molar-refractivity contribution is 5.60. The molecule has 1 aromatic carbocycles. The number of nitrogens with zero attached hydrogens (tertiary/aromatic N) is 4. The largest absolute Gasteiger partial charge is 0.493 e. The van der Waals surface area contributed by atoms with Crippen LogP contribution in [0.4, 0.5) is 5.95 Å². The molecule has 2 atom stereocenters. The lowest BCUT2D eigenvalue weighted by atomic mass is 9.87. The van der Waals surface area contributed by atoms with Crippen LogP contribution < -0.4 is 15.2 Å². The summed E-state index contributed by atoms with van der Waals surface area (Å²) in [5, 5.41) is 0. The third-order valence-electron chi connectivity index (χ3n) is 5.58. The monoisotopic (exact) mass is 360 g/mol. The molecule has 0 saturated carbocycles. The molecule has 0 unspecified atom stereocenters. The van der Waals surface area contributed by atoms with Crippen molar-refractivity contribution < 1.29 is 4.74 Å². The molecule has 136 valence electrons. The Kier molecular flexibility index (Phi) is 3.70. The molecule has 5 rings (SSSR count). The average Bonchev–Trinajstić information content (AvgIpc) is 3.15. The molecule has 3 aromatic rings. The minimum Gasteiger partial charge on any atom is -0.493 e. The van der Waals surface area contributed by atoms with E-state index in [-0.39, 0.29) is 5.56 Å². The predicted molar refractivity (Wildman–Crippen MR) is 103 cm³/mol. The van der Waals surface area contributed by atoms with E-state index in [2.05, 4.69) is 22.0 Å². The molecule has 0 aliphatic carbocycles. The second-order valence-corrected chi connectivity index (χ2v) is 7.19. The van der Waals surface area contributed by atoms with Crippen LogP contribution in [0.15, 0.2) is 59.7 Å². The lowest BCUT2D eigenvalue weighted by molar-refractivity contribution is 0.220. The van der Waals surface area contributed by atoms with E-state index in [4.69, 9.17) is 9.72 Å². The van der Waals surface area contributed by atoms with Gasteiger partial charge in [-0.15, -0.1) is 0 Å². The van der Waals surface area contributed by atoms with Crippen LogP contribution in [0.2, 0.25) is 0 Å². The number of para-hydroxylation sites is 1. The topological polar surface area (TPSA) is 60.2 Å². The van der Waals surface area contributed by atoms with Crippen molar-refractivity contribution >= 4 is 5.95 Å². The minimum atomic E-state index is -0.0571. The molecule has 27 heavy (non-hydrogen) atoms. The average molecular weight is 360 g/mol. The van der Waals surface area contributed by atoms with E-state index in [0.29, 0.717) is 30.1 Å². The van der Waals surface area contributed by atoms with Crippen LogP contribution in [0, 0.1) is 5.92 Å². The second-order valence-electron chi connectivity index (χ2n) is 7.19. The van der Waals surface area contributed by atoms with Crippen molar-refractivity contribution in [2.24, 2.45) is 13.0 Å². The first-order valence-electron chi connectivity index (χ1n) is 9.16. The summed E-state index contributed by atoms with van der Waals surface area (Å²) in [6, 6.07) is 13.6. The molecule has 0 N–H and O–H groups in total. The summed E-state index contributed by atoms with van der Waals surface area (Å²) in [4.78, 5) is 23.6. The molecular weight excluding hydrogens is 340 g/mol. The van der Waals surface area contributed by atoms with Crippen LogP contribution in [-0.4, -0.2) is 34.2 Å². The maximum absolute atomic E-state index is 12.6. The Hall–Kier alpha value is -3.15. The van der Waals surface area contributed by atoms with Gasteiger partial charge in [-0.1, -0.05) is 18.2 Å². The molecule has 2 aliphatic rings. The first-order chi connectivity index (χ1) is 13.2. The third kappa shape index (κ3) is 2.68. The fourth-order valence-corrected chi connectivity index (χ4v) is 4.15. The van der Waals surface area contributed by atoms with Crippen molar-refractivity contribution in [1.29, 1.82) is 0 Å². The molecule has 2 aliphatic heterocycles. The van der Waals surface area contributed by atoms with E-state index in [1.807, 2.05) is 24.3 Å². The van der Waals surface area contributed by atoms with E-state index >= 15 is 0 Å². The Morgan fingerprint density at radius 3 is 2.78 bits per heavy atom. The van der Waals surface area contributed by atoms with Gasteiger partial charge in [0, 0.05) is 56.0 Å². The van der Waals surface area contributed by atoms with E-state index in [1.165, 1.54) is 5.56 Å². The van der Waals surface area contributed by atoms with Gasteiger partial charge >= 0.3 is 0 Å². The Bertz CT molecular complexity index is 1050. The van der Waals surface area contributed by atoms with Crippen molar-refractivity contribution in [2.75, 3.05) is 24.6 Å². The summed E-state index contributed by atoms with van der Waals surface area (Å²) < 4.78 is 7.58. The van der Waals surface area contributed by atoms with Gasteiger partial charge in [0.2, 0.25) is 5.95 Å². The number of anilines is 1. The van der Waals surface area contributed by atoms with Crippen LogP contribution >= 0.6 is 0 Å². The van der Waals surface area contributed by atoms with E-state index in [0.717, 1.165) is 24.4 Å². The predicted octanol–water partition coefficient (Wildman–Crippen LogP) is 2.45. The van der Waals surface area contributed by atoms with Gasteiger partial charge in [-0.3, -0.25) is 14.3 Å². The molecule has 6 heteroatoms. The van der Waals surface area contributed by atoms with Gasteiger partial charge in [-0.25, -0.2) is 4.98 Å². The molecule has 4 heterocycles. The summed E-state index contributed by atoms with van der Waals surface area (Å²) in [6.45, 7) is 2.38. The number of rotatable bonds is 2. The summed E-state index contributed by atoms with van der Waals surface area (Å²) in [6.07, 6.45) is 3.43. The molecule has 0 radical (unpaired) electrons. The van der Waals surface area contributed by atoms with E-state index in [1.54, 1.807) is 30.1 Å². The van der Waals surface area contributed by atoms with E-state index < -0.39 is 0 Å². The highest BCUT2D eigenvalue weighted by Gasteiger charge is 2.39. The summed E-state index contributed by atoms with van der Waals surface area (Å²) >= 11 is 0. The maximum Gasteiger partial charge on any atom is 0.255 e. The quantitative estimate of drug-likeness (QED) is 0.703. The van der Waals surface area contributed by atoms with Crippen molar-refractivity contribution in [1.82, 2.24) is 14.5 Å². The number of aromatic nitrogens is 3. The molecule has 1 fully saturated rings. The zero-order chi connectivity index (χ0) is 18.4. The summed E-state index contributed by atoms with van der Waals surface area (Å²) in [5.41, 5.74) is 2.78. The molecule has 0 bridgehead atoms. The molecule has 1 saturated heterocycles.